The van der Waals surface area contributed by atoms with Crippen molar-refractivity contribution in [1.82, 2.24) is 20.2 Å². The fraction of sp³-hybridized carbons (Fsp3) is 0.542. The zero-order chi connectivity index (χ0) is 21.5. The Kier molecular flexibility index (Phi) is 7.46. The lowest BCUT2D eigenvalue weighted by atomic mass is 9.97. The quantitative estimate of drug-likeness (QED) is 0.768. The summed E-state index contributed by atoms with van der Waals surface area (Å²) in [4.78, 5) is 26.2. The molecular formula is C24H32FN5O. The van der Waals surface area contributed by atoms with Crippen LogP contribution in [0.2, 0.25) is 0 Å². The first-order valence-electron chi connectivity index (χ1n) is 11.5. The van der Waals surface area contributed by atoms with E-state index in [2.05, 4.69) is 25.1 Å². The number of aromatic nitrogens is 2. The van der Waals surface area contributed by atoms with Gasteiger partial charge in [-0.1, -0.05) is 25.0 Å². The largest absolute Gasteiger partial charge is 0.355 e. The van der Waals surface area contributed by atoms with Gasteiger partial charge in [0.2, 0.25) is 11.9 Å². The van der Waals surface area contributed by atoms with Gasteiger partial charge in [0.1, 0.15) is 5.82 Å². The van der Waals surface area contributed by atoms with Crippen LogP contribution in [0.5, 0.6) is 0 Å². The Morgan fingerprint density at radius 2 is 1.81 bits per heavy atom. The molecule has 4 rings (SSSR count). The molecule has 0 aliphatic carbocycles. The van der Waals surface area contributed by atoms with Gasteiger partial charge in [-0.15, -0.1) is 0 Å². The van der Waals surface area contributed by atoms with E-state index in [1.807, 2.05) is 6.07 Å². The summed E-state index contributed by atoms with van der Waals surface area (Å²) in [7, 11) is 0. The van der Waals surface area contributed by atoms with Crippen LogP contribution in [0.25, 0.3) is 11.1 Å². The maximum absolute atomic E-state index is 13.5. The second-order valence-electron chi connectivity index (χ2n) is 8.61. The van der Waals surface area contributed by atoms with Crippen LogP contribution in [0.4, 0.5) is 10.3 Å². The number of carbonyl (C=O) groups is 1. The molecule has 7 heteroatoms. The highest BCUT2D eigenvalue weighted by Crippen LogP contribution is 2.23. The molecule has 1 N–H and O–H groups in total. The molecule has 0 spiro atoms. The SMILES string of the molecule is O=C(NCCN1CCCCCC1)C1CCCN(c2ncc(-c3cccc(F)c3)cn2)C1. The molecule has 6 nitrogen and oxygen atoms in total. The van der Waals surface area contributed by atoms with Crippen LogP contribution in [-0.4, -0.2) is 60.0 Å². The van der Waals surface area contributed by atoms with Crippen molar-refractivity contribution in [3.05, 3.63) is 42.5 Å². The number of benzene rings is 1. The summed E-state index contributed by atoms with van der Waals surface area (Å²) in [5.41, 5.74) is 1.54. The number of nitrogens with one attached hydrogen (secondary N) is 1. The third kappa shape index (κ3) is 6.00. The second kappa shape index (κ2) is 10.7. The van der Waals surface area contributed by atoms with Crippen LogP contribution in [0.3, 0.4) is 0 Å². The van der Waals surface area contributed by atoms with Crippen molar-refractivity contribution < 1.29 is 9.18 Å². The molecule has 0 radical (unpaired) electrons. The first kappa shape index (κ1) is 21.7. The number of piperidine rings is 1. The molecule has 2 aliphatic rings. The molecule has 2 fully saturated rings. The van der Waals surface area contributed by atoms with Gasteiger partial charge in [-0.2, -0.15) is 0 Å². The highest BCUT2D eigenvalue weighted by Gasteiger charge is 2.27. The number of likely N-dealkylation sites (tertiary alicyclic amines) is 1. The summed E-state index contributed by atoms with van der Waals surface area (Å²) in [6.45, 7) is 5.43. The van der Waals surface area contributed by atoms with E-state index in [9.17, 15) is 9.18 Å². The van der Waals surface area contributed by atoms with Crippen LogP contribution in [-0.2, 0) is 4.79 Å². The monoisotopic (exact) mass is 425 g/mol. The van der Waals surface area contributed by atoms with Crippen molar-refractivity contribution in [2.75, 3.05) is 44.2 Å². The Morgan fingerprint density at radius 3 is 2.55 bits per heavy atom. The molecule has 31 heavy (non-hydrogen) atoms. The Morgan fingerprint density at radius 1 is 1.03 bits per heavy atom. The molecule has 3 heterocycles. The lowest BCUT2D eigenvalue weighted by Gasteiger charge is -2.32. The van der Waals surface area contributed by atoms with Crippen LogP contribution in [0.1, 0.15) is 38.5 Å². The molecule has 1 aromatic carbocycles. The average Bonchev–Trinajstić information content (AvgIpc) is 3.08. The van der Waals surface area contributed by atoms with Gasteiger partial charge in [-0.05, 0) is 56.5 Å². The van der Waals surface area contributed by atoms with Crippen molar-refractivity contribution in [3.8, 4) is 11.1 Å². The topological polar surface area (TPSA) is 61.4 Å². The van der Waals surface area contributed by atoms with Gasteiger partial charge in [0.25, 0.3) is 0 Å². The van der Waals surface area contributed by atoms with Crippen molar-refractivity contribution in [2.45, 2.75) is 38.5 Å². The molecule has 1 amide bonds. The molecular weight excluding hydrogens is 393 g/mol. The highest BCUT2D eigenvalue weighted by molar-refractivity contribution is 5.79. The number of halogens is 1. The number of hydrogen-bond donors (Lipinski definition) is 1. The summed E-state index contributed by atoms with van der Waals surface area (Å²) in [5, 5.41) is 3.14. The number of nitrogens with zero attached hydrogens (tertiary/aromatic N) is 4. The Bertz CT molecular complexity index is 851. The first-order valence-corrected chi connectivity index (χ1v) is 11.5. The van der Waals surface area contributed by atoms with Gasteiger partial charge in [0.15, 0.2) is 0 Å². The lowest BCUT2D eigenvalue weighted by Crippen LogP contribution is -2.45. The number of carbonyl (C=O) groups excluding carboxylic acids is 1. The number of hydrogen-bond acceptors (Lipinski definition) is 5. The van der Waals surface area contributed by atoms with Gasteiger partial charge in [0, 0.05) is 44.1 Å². The number of amides is 1. The highest BCUT2D eigenvalue weighted by atomic mass is 19.1. The lowest BCUT2D eigenvalue weighted by molar-refractivity contribution is -0.125. The van der Waals surface area contributed by atoms with E-state index in [0.29, 0.717) is 19.0 Å². The van der Waals surface area contributed by atoms with Gasteiger partial charge in [-0.3, -0.25) is 4.79 Å². The Hall–Kier alpha value is -2.54. The maximum atomic E-state index is 13.5. The van der Waals surface area contributed by atoms with E-state index in [-0.39, 0.29) is 17.6 Å². The Balaban J connectivity index is 1.29. The fourth-order valence-electron chi connectivity index (χ4n) is 4.52. The number of anilines is 1. The van der Waals surface area contributed by atoms with E-state index >= 15 is 0 Å². The van der Waals surface area contributed by atoms with Crippen molar-refractivity contribution in [2.24, 2.45) is 5.92 Å². The van der Waals surface area contributed by atoms with Crippen molar-refractivity contribution >= 4 is 11.9 Å². The van der Waals surface area contributed by atoms with Crippen LogP contribution in [0, 0.1) is 11.7 Å². The Labute approximate surface area is 183 Å². The molecule has 2 aromatic rings. The molecule has 1 unspecified atom stereocenters. The third-order valence-electron chi connectivity index (χ3n) is 6.30. The average molecular weight is 426 g/mol. The minimum absolute atomic E-state index is 0.0376. The minimum atomic E-state index is -0.276. The second-order valence-corrected chi connectivity index (χ2v) is 8.61. The molecule has 1 aromatic heterocycles. The van der Waals surface area contributed by atoms with Crippen molar-refractivity contribution in [3.63, 3.8) is 0 Å². The van der Waals surface area contributed by atoms with E-state index < -0.39 is 0 Å². The zero-order valence-corrected chi connectivity index (χ0v) is 18.1. The van der Waals surface area contributed by atoms with Crippen LogP contribution >= 0.6 is 0 Å². The molecule has 0 saturated carbocycles. The smallest absolute Gasteiger partial charge is 0.225 e. The van der Waals surface area contributed by atoms with Crippen LogP contribution in [0.15, 0.2) is 36.7 Å². The molecule has 2 aliphatic heterocycles. The molecule has 2 saturated heterocycles. The predicted molar refractivity (Wildman–Crippen MR) is 120 cm³/mol. The van der Waals surface area contributed by atoms with E-state index in [0.717, 1.165) is 50.1 Å². The minimum Gasteiger partial charge on any atom is -0.355 e. The fourth-order valence-corrected chi connectivity index (χ4v) is 4.52. The summed E-state index contributed by atoms with van der Waals surface area (Å²) in [6.07, 6.45) is 10.5. The third-order valence-corrected chi connectivity index (χ3v) is 6.30. The standard InChI is InChI=1S/C24H32FN5O/c25-22-9-5-7-19(15-22)21-16-27-24(28-17-21)30-13-6-8-20(18-30)23(31)26-10-14-29-11-3-1-2-4-12-29/h5,7,9,15-17,20H,1-4,6,8,10-14,18H2,(H,26,31). The summed E-state index contributed by atoms with van der Waals surface area (Å²) < 4.78 is 13.5. The normalized spacial score (nSPS) is 20.3. The van der Waals surface area contributed by atoms with E-state index in [4.69, 9.17) is 0 Å². The van der Waals surface area contributed by atoms with Gasteiger partial charge >= 0.3 is 0 Å². The van der Waals surface area contributed by atoms with Crippen LogP contribution < -0.4 is 10.2 Å². The van der Waals surface area contributed by atoms with Gasteiger partial charge in [-0.25, -0.2) is 14.4 Å². The first-order chi connectivity index (χ1) is 15.2. The predicted octanol–water partition coefficient (Wildman–Crippen LogP) is 3.49. The zero-order valence-electron chi connectivity index (χ0n) is 18.1. The van der Waals surface area contributed by atoms with E-state index in [1.54, 1.807) is 18.5 Å². The maximum Gasteiger partial charge on any atom is 0.225 e. The molecule has 1 atom stereocenters. The summed E-state index contributed by atoms with van der Waals surface area (Å²) in [6, 6.07) is 6.42. The summed E-state index contributed by atoms with van der Waals surface area (Å²) >= 11 is 0. The molecule has 0 bridgehead atoms. The molecule has 166 valence electrons. The summed E-state index contributed by atoms with van der Waals surface area (Å²) in [5.74, 6) is 0.449. The van der Waals surface area contributed by atoms with Crippen molar-refractivity contribution in [1.29, 1.82) is 0 Å². The van der Waals surface area contributed by atoms with Gasteiger partial charge < -0.3 is 15.1 Å². The number of rotatable bonds is 6. The van der Waals surface area contributed by atoms with E-state index in [1.165, 1.54) is 37.8 Å². The van der Waals surface area contributed by atoms with Gasteiger partial charge in [0.05, 0.1) is 5.92 Å².